The second-order valence-corrected chi connectivity index (χ2v) is 5.11. The van der Waals surface area contributed by atoms with Crippen molar-refractivity contribution in [1.82, 2.24) is 0 Å². The third kappa shape index (κ3) is 3.38. The summed E-state index contributed by atoms with van der Waals surface area (Å²) in [5, 5.41) is 0. The van der Waals surface area contributed by atoms with Crippen LogP contribution in [0.1, 0.15) is 50.5 Å². The molecule has 1 nitrogen and oxygen atoms in total. The summed E-state index contributed by atoms with van der Waals surface area (Å²) >= 11 is 6.08. The molecule has 1 aliphatic carbocycles. The average Bonchev–Trinajstić information content (AvgIpc) is 2.84. The van der Waals surface area contributed by atoms with Crippen molar-refractivity contribution >= 4 is 17.7 Å². The van der Waals surface area contributed by atoms with E-state index in [1.54, 1.807) is 0 Å². The Balaban J connectivity index is 2.10. The molecule has 1 aromatic heterocycles. The summed E-state index contributed by atoms with van der Waals surface area (Å²) in [6.45, 7) is 2.11. The molecule has 0 unspecified atom stereocenters. The Bertz CT molecular complexity index is 372. The van der Waals surface area contributed by atoms with Gasteiger partial charge < -0.3 is 4.42 Å². The molecule has 2 rings (SSSR count). The van der Waals surface area contributed by atoms with Crippen LogP contribution in [-0.4, -0.2) is 5.88 Å². The van der Waals surface area contributed by atoms with E-state index in [9.17, 15) is 0 Å². The first kappa shape index (κ1) is 12.8. The maximum atomic E-state index is 6.08. The third-order valence-corrected chi connectivity index (χ3v) is 3.95. The fraction of sp³-hybridized carbons (Fsp3) is 0.600. The number of aryl methyl sites for hydroxylation is 1. The highest BCUT2D eigenvalue weighted by molar-refractivity contribution is 6.19. The minimum absolute atomic E-state index is 0.632. The molecule has 2 heteroatoms. The van der Waals surface area contributed by atoms with Crippen LogP contribution in [0, 0.1) is 5.92 Å². The summed E-state index contributed by atoms with van der Waals surface area (Å²) in [5.74, 6) is 3.32. The average molecular weight is 253 g/mol. The second-order valence-electron chi connectivity index (χ2n) is 4.85. The molecule has 0 atom stereocenters. The first-order chi connectivity index (χ1) is 8.33. The Morgan fingerprint density at radius 1 is 1.35 bits per heavy atom. The van der Waals surface area contributed by atoms with E-state index >= 15 is 0 Å². The van der Waals surface area contributed by atoms with Gasteiger partial charge in [-0.05, 0) is 42.5 Å². The number of allylic oxidation sites excluding steroid dienone is 1. The maximum Gasteiger partial charge on any atom is 0.127 e. The molecular formula is C15H21ClO. The molecule has 1 fully saturated rings. The molecular weight excluding hydrogens is 232 g/mol. The predicted molar refractivity (Wildman–Crippen MR) is 73.4 cm³/mol. The molecule has 0 saturated heterocycles. The van der Waals surface area contributed by atoms with Gasteiger partial charge in [-0.15, -0.1) is 11.6 Å². The number of hydrogen-bond donors (Lipinski definition) is 0. The summed E-state index contributed by atoms with van der Waals surface area (Å²) in [7, 11) is 0. The molecule has 0 aliphatic heterocycles. The summed E-state index contributed by atoms with van der Waals surface area (Å²) < 4.78 is 5.72. The van der Waals surface area contributed by atoms with Crippen LogP contribution in [0.5, 0.6) is 0 Å². The zero-order valence-corrected chi connectivity index (χ0v) is 11.3. The van der Waals surface area contributed by atoms with Crippen LogP contribution >= 0.6 is 11.6 Å². The minimum atomic E-state index is 0.632. The fourth-order valence-electron chi connectivity index (χ4n) is 2.58. The van der Waals surface area contributed by atoms with E-state index in [4.69, 9.17) is 16.0 Å². The van der Waals surface area contributed by atoms with Crippen molar-refractivity contribution in [1.29, 1.82) is 0 Å². The van der Waals surface area contributed by atoms with Gasteiger partial charge in [0.05, 0.1) is 0 Å². The smallest absolute Gasteiger partial charge is 0.127 e. The lowest BCUT2D eigenvalue weighted by molar-refractivity contribution is 0.404. The standard InChI is InChI=1S/C15H21ClO/c1-2-14-8-9-15(17-14)10-13(11-16)12-6-4-3-5-7-12/h8-10,12H,2-7,11H2,1H3. The van der Waals surface area contributed by atoms with Gasteiger partial charge in [0.25, 0.3) is 0 Å². The van der Waals surface area contributed by atoms with Crippen molar-refractivity contribution in [2.45, 2.75) is 45.4 Å². The maximum absolute atomic E-state index is 6.08. The van der Waals surface area contributed by atoms with Crippen LogP contribution in [-0.2, 0) is 6.42 Å². The summed E-state index contributed by atoms with van der Waals surface area (Å²) in [6.07, 6.45) is 9.76. The highest BCUT2D eigenvalue weighted by Gasteiger charge is 2.17. The molecule has 0 aromatic carbocycles. The van der Waals surface area contributed by atoms with Gasteiger partial charge in [0, 0.05) is 12.3 Å². The first-order valence-electron chi connectivity index (χ1n) is 6.68. The SMILES string of the molecule is CCc1ccc(C=C(CCl)C2CCCCC2)o1. The lowest BCUT2D eigenvalue weighted by Gasteiger charge is -2.23. The second kappa shape index (κ2) is 6.30. The van der Waals surface area contributed by atoms with Crippen LogP contribution in [0.15, 0.2) is 22.1 Å². The molecule has 17 heavy (non-hydrogen) atoms. The summed E-state index contributed by atoms with van der Waals surface area (Å²) in [6, 6.07) is 4.10. The number of alkyl halides is 1. The molecule has 1 saturated carbocycles. The number of rotatable bonds is 4. The summed E-state index contributed by atoms with van der Waals surface area (Å²) in [4.78, 5) is 0. The van der Waals surface area contributed by atoms with Gasteiger partial charge >= 0.3 is 0 Å². The molecule has 1 heterocycles. The van der Waals surface area contributed by atoms with Gasteiger partial charge in [-0.1, -0.05) is 26.2 Å². The topological polar surface area (TPSA) is 13.1 Å². The Morgan fingerprint density at radius 2 is 2.12 bits per heavy atom. The third-order valence-electron chi connectivity index (χ3n) is 3.64. The number of hydrogen-bond acceptors (Lipinski definition) is 1. The highest BCUT2D eigenvalue weighted by Crippen LogP contribution is 2.31. The van der Waals surface area contributed by atoms with E-state index in [0.717, 1.165) is 17.9 Å². The van der Waals surface area contributed by atoms with Gasteiger partial charge in [-0.2, -0.15) is 0 Å². The monoisotopic (exact) mass is 252 g/mol. The molecule has 0 bridgehead atoms. The van der Waals surface area contributed by atoms with Crippen LogP contribution in [0.3, 0.4) is 0 Å². The Labute approximate surface area is 109 Å². The Kier molecular flexibility index (Phi) is 4.73. The van der Waals surface area contributed by atoms with Crippen molar-refractivity contribution in [3.05, 3.63) is 29.2 Å². The Hall–Kier alpha value is -0.690. The first-order valence-corrected chi connectivity index (χ1v) is 7.22. The zero-order valence-electron chi connectivity index (χ0n) is 10.5. The van der Waals surface area contributed by atoms with Crippen molar-refractivity contribution in [2.24, 2.45) is 5.92 Å². The minimum Gasteiger partial charge on any atom is -0.462 e. The van der Waals surface area contributed by atoms with E-state index in [0.29, 0.717) is 11.8 Å². The van der Waals surface area contributed by atoms with Gasteiger partial charge in [-0.3, -0.25) is 0 Å². The van der Waals surface area contributed by atoms with Crippen molar-refractivity contribution < 1.29 is 4.42 Å². The van der Waals surface area contributed by atoms with Crippen molar-refractivity contribution in [3.8, 4) is 0 Å². The molecule has 0 spiro atoms. The zero-order chi connectivity index (χ0) is 12.1. The number of halogens is 1. The van der Waals surface area contributed by atoms with Crippen molar-refractivity contribution in [2.75, 3.05) is 5.88 Å². The molecule has 0 amide bonds. The lowest BCUT2D eigenvalue weighted by Crippen LogP contribution is -2.10. The number of furan rings is 1. The quantitative estimate of drug-likeness (QED) is 0.684. The van der Waals surface area contributed by atoms with E-state index in [1.807, 2.05) is 6.07 Å². The van der Waals surface area contributed by atoms with Crippen LogP contribution in [0.4, 0.5) is 0 Å². The van der Waals surface area contributed by atoms with E-state index in [1.165, 1.54) is 37.7 Å². The largest absolute Gasteiger partial charge is 0.462 e. The van der Waals surface area contributed by atoms with E-state index in [-0.39, 0.29) is 0 Å². The Morgan fingerprint density at radius 3 is 2.71 bits per heavy atom. The van der Waals surface area contributed by atoms with Gasteiger partial charge in [0.15, 0.2) is 0 Å². The van der Waals surface area contributed by atoms with Gasteiger partial charge in [-0.25, -0.2) is 0 Å². The van der Waals surface area contributed by atoms with Crippen LogP contribution < -0.4 is 0 Å². The molecule has 94 valence electrons. The van der Waals surface area contributed by atoms with Crippen molar-refractivity contribution in [3.63, 3.8) is 0 Å². The molecule has 1 aromatic rings. The normalized spacial score (nSPS) is 18.6. The molecule has 0 radical (unpaired) electrons. The highest BCUT2D eigenvalue weighted by atomic mass is 35.5. The van der Waals surface area contributed by atoms with E-state index < -0.39 is 0 Å². The van der Waals surface area contributed by atoms with Gasteiger partial charge in [0.1, 0.15) is 11.5 Å². The molecule has 0 N–H and O–H groups in total. The van der Waals surface area contributed by atoms with E-state index in [2.05, 4.69) is 19.1 Å². The molecule has 1 aliphatic rings. The lowest BCUT2D eigenvalue weighted by atomic mass is 9.84. The fourth-order valence-corrected chi connectivity index (χ4v) is 2.88. The van der Waals surface area contributed by atoms with Crippen LogP contribution in [0.25, 0.3) is 6.08 Å². The summed E-state index contributed by atoms with van der Waals surface area (Å²) in [5.41, 5.74) is 1.35. The van der Waals surface area contributed by atoms with Crippen LogP contribution in [0.2, 0.25) is 0 Å². The predicted octanol–water partition coefficient (Wildman–Crippen LogP) is 5.04. The van der Waals surface area contributed by atoms with Gasteiger partial charge in [0.2, 0.25) is 0 Å².